The molecule has 0 radical (unpaired) electrons. The minimum Gasteiger partial charge on any atom is -0.505 e. The van der Waals surface area contributed by atoms with Gasteiger partial charge in [-0.2, -0.15) is 0 Å². The number of rotatable bonds is 2. The SMILES string of the molecule is O=C(O)c1cc(-c2c[nH]c3ccccc23)ncc1O. The molecule has 2 aromatic heterocycles. The van der Waals surface area contributed by atoms with E-state index in [-0.39, 0.29) is 11.3 Å². The number of carboxylic acid groups (broad SMARTS) is 1. The number of carboxylic acids is 1. The number of para-hydroxylation sites is 1. The van der Waals surface area contributed by atoms with E-state index < -0.39 is 5.97 Å². The maximum Gasteiger partial charge on any atom is 0.339 e. The molecule has 0 aliphatic heterocycles. The molecule has 0 atom stereocenters. The van der Waals surface area contributed by atoms with Crippen molar-refractivity contribution in [3.63, 3.8) is 0 Å². The summed E-state index contributed by atoms with van der Waals surface area (Å²) in [6.07, 6.45) is 2.93. The van der Waals surface area contributed by atoms with Crippen molar-refractivity contribution in [2.45, 2.75) is 0 Å². The van der Waals surface area contributed by atoms with E-state index >= 15 is 0 Å². The zero-order valence-electron chi connectivity index (χ0n) is 9.79. The Morgan fingerprint density at radius 2 is 2.05 bits per heavy atom. The number of pyridine rings is 1. The van der Waals surface area contributed by atoms with Gasteiger partial charge in [-0.3, -0.25) is 4.98 Å². The second-order valence-corrected chi connectivity index (χ2v) is 4.14. The van der Waals surface area contributed by atoms with Gasteiger partial charge in [-0.15, -0.1) is 0 Å². The Morgan fingerprint density at radius 1 is 1.26 bits per heavy atom. The highest BCUT2D eigenvalue weighted by atomic mass is 16.4. The first-order valence-corrected chi connectivity index (χ1v) is 5.65. The molecular formula is C14H10N2O3. The summed E-state index contributed by atoms with van der Waals surface area (Å²) < 4.78 is 0. The highest BCUT2D eigenvalue weighted by Gasteiger charge is 2.14. The Labute approximate surface area is 108 Å². The zero-order chi connectivity index (χ0) is 13.4. The third-order valence-electron chi connectivity index (χ3n) is 2.98. The van der Waals surface area contributed by atoms with Crippen LogP contribution in [0.1, 0.15) is 10.4 Å². The second kappa shape index (κ2) is 4.13. The molecule has 0 amide bonds. The quantitative estimate of drug-likeness (QED) is 0.656. The number of H-pyrrole nitrogens is 1. The van der Waals surface area contributed by atoms with Crippen LogP contribution in [-0.2, 0) is 0 Å². The van der Waals surface area contributed by atoms with Crippen molar-refractivity contribution < 1.29 is 15.0 Å². The highest BCUT2D eigenvalue weighted by molar-refractivity contribution is 5.97. The monoisotopic (exact) mass is 254 g/mol. The van der Waals surface area contributed by atoms with Crippen molar-refractivity contribution in [3.05, 3.63) is 48.3 Å². The van der Waals surface area contributed by atoms with Gasteiger partial charge in [0.1, 0.15) is 11.3 Å². The first-order chi connectivity index (χ1) is 9.16. The maximum atomic E-state index is 11.0. The van der Waals surface area contributed by atoms with Crippen LogP contribution in [0.3, 0.4) is 0 Å². The predicted molar refractivity (Wildman–Crippen MR) is 70.2 cm³/mol. The topological polar surface area (TPSA) is 86.2 Å². The van der Waals surface area contributed by atoms with Gasteiger partial charge in [0.25, 0.3) is 0 Å². The summed E-state index contributed by atoms with van der Waals surface area (Å²) in [7, 11) is 0. The molecule has 3 rings (SSSR count). The van der Waals surface area contributed by atoms with Crippen LogP contribution in [0.2, 0.25) is 0 Å². The van der Waals surface area contributed by atoms with E-state index in [9.17, 15) is 9.90 Å². The van der Waals surface area contributed by atoms with Gasteiger partial charge >= 0.3 is 5.97 Å². The second-order valence-electron chi connectivity index (χ2n) is 4.14. The number of aromatic carboxylic acids is 1. The number of aromatic nitrogens is 2. The largest absolute Gasteiger partial charge is 0.505 e. The summed E-state index contributed by atoms with van der Waals surface area (Å²) in [4.78, 5) is 18.2. The highest BCUT2D eigenvalue weighted by Crippen LogP contribution is 2.29. The molecular weight excluding hydrogens is 244 g/mol. The lowest BCUT2D eigenvalue weighted by molar-refractivity contribution is 0.0693. The number of nitrogens with one attached hydrogen (secondary N) is 1. The summed E-state index contributed by atoms with van der Waals surface area (Å²) in [5.41, 5.74) is 2.10. The third-order valence-corrected chi connectivity index (χ3v) is 2.98. The van der Waals surface area contributed by atoms with Gasteiger partial charge in [-0.25, -0.2) is 4.79 Å². The minimum absolute atomic E-state index is 0.157. The van der Waals surface area contributed by atoms with Crippen LogP contribution < -0.4 is 0 Å². The maximum absolute atomic E-state index is 11.0. The molecule has 0 spiro atoms. The molecule has 2 heterocycles. The molecule has 3 N–H and O–H groups in total. The average Bonchev–Trinajstić information content (AvgIpc) is 2.83. The molecule has 5 heteroatoms. The number of hydrogen-bond donors (Lipinski definition) is 3. The number of nitrogens with zero attached hydrogens (tertiary/aromatic N) is 1. The summed E-state index contributed by atoms with van der Waals surface area (Å²) in [5, 5.41) is 19.4. The van der Waals surface area contributed by atoms with Crippen molar-refractivity contribution in [2.75, 3.05) is 0 Å². The third kappa shape index (κ3) is 1.81. The Kier molecular flexibility index (Phi) is 2.45. The van der Waals surface area contributed by atoms with Crippen LogP contribution in [0.15, 0.2) is 42.7 Å². The molecule has 0 aliphatic carbocycles. The normalized spacial score (nSPS) is 10.7. The van der Waals surface area contributed by atoms with Crippen molar-refractivity contribution in [2.24, 2.45) is 0 Å². The van der Waals surface area contributed by atoms with Crippen LogP contribution in [0.5, 0.6) is 5.75 Å². The Balaban J connectivity index is 2.22. The molecule has 0 unspecified atom stereocenters. The average molecular weight is 254 g/mol. The van der Waals surface area contributed by atoms with Gasteiger partial charge in [-0.1, -0.05) is 18.2 Å². The van der Waals surface area contributed by atoms with E-state index in [1.165, 1.54) is 6.07 Å². The van der Waals surface area contributed by atoms with E-state index in [1.807, 2.05) is 24.3 Å². The van der Waals surface area contributed by atoms with Crippen molar-refractivity contribution in [3.8, 4) is 17.0 Å². The number of aromatic amines is 1. The molecule has 94 valence electrons. The smallest absolute Gasteiger partial charge is 0.339 e. The van der Waals surface area contributed by atoms with Gasteiger partial charge in [0.15, 0.2) is 0 Å². The number of fused-ring (bicyclic) bond motifs is 1. The fourth-order valence-corrected chi connectivity index (χ4v) is 2.05. The summed E-state index contributed by atoms with van der Waals surface area (Å²) in [6, 6.07) is 9.04. The van der Waals surface area contributed by atoms with Crippen molar-refractivity contribution >= 4 is 16.9 Å². The van der Waals surface area contributed by atoms with E-state index in [2.05, 4.69) is 9.97 Å². The lowest BCUT2D eigenvalue weighted by Gasteiger charge is -2.03. The molecule has 0 saturated carbocycles. The molecule has 0 saturated heterocycles. The Morgan fingerprint density at radius 3 is 2.84 bits per heavy atom. The van der Waals surface area contributed by atoms with Crippen molar-refractivity contribution in [1.29, 1.82) is 0 Å². The van der Waals surface area contributed by atoms with E-state index in [0.29, 0.717) is 5.69 Å². The van der Waals surface area contributed by atoms with Gasteiger partial charge in [0, 0.05) is 22.7 Å². The van der Waals surface area contributed by atoms with Crippen LogP contribution >= 0.6 is 0 Å². The van der Waals surface area contributed by atoms with Gasteiger partial charge in [0.05, 0.1) is 11.9 Å². The van der Waals surface area contributed by atoms with Crippen LogP contribution in [0, 0.1) is 0 Å². The Hall–Kier alpha value is -2.82. The number of benzene rings is 1. The summed E-state index contributed by atoms with van der Waals surface area (Å²) in [6.45, 7) is 0. The molecule has 0 aliphatic rings. The lowest BCUT2D eigenvalue weighted by atomic mass is 10.1. The first kappa shape index (κ1) is 11.3. The summed E-state index contributed by atoms with van der Waals surface area (Å²) in [5.74, 6) is -1.52. The molecule has 3 aromatic rings. The van der Waals surface area contributed by atoms with Gasteiger partial charge < -0.3 is 15.2 Å². The molecule has 0 bridgehead atoms. The van der Waals surface area contributed by atoms with Crippen molar-refractivity contribution in [1.82, 2.24) is 9.97 Å². The van der Waals surface area contributed by atoms with E-state index in [4.69, 9.17) is 5.11 Å². The number of aromatic hydroxyl groups is 1. The number of carbonyl (C=O) groups is 1. The fourth-order valence-electron chi connectivity index (χ4n) is 2.05. The summed E-state index contributed by atoms with van der Waals surface area (Å²) >= 11 is 0. The van der Waals surface area contributed by atoms with Crippen LogP contribution in [0.25, 0.3) is 22.2 Å². The lowest BCUT2D eigenvalue weighted by Crippen LogP contribution is -1.98. The Bertz CT molecular complexity index is 777. The van der Waals surface area contributed by atoms with Crippen LogP contribution in [0.4, 0.5) is 0 Å². The minimum atomic E-state index is -1.18. The van der Waals surface area contributed by atoms with Crippen LogP contribution in [-0.4, -0.2) is 26.2 Å². The zero-order valence-corrected chi connectivity index (χ0v) is 9.79. The molecule has 0 fully saturated rings. The molecule has 5 nitrogen and oxygen atoms in total. The fraction of sp³-hybridized carbons (Fsp3) is 0. The molecule has 19 heavy (non-hydrogen) atoms. The first-order valence-electron chi connectivity index (χ1n) is 5.65. The van der Waals surface area contributed by atoms with E-state index in [0.717, 1.165) is 22.7 Å². The predicted octanol–water partition coefficient (Wildman–Crippen LogP) is 2.63. The van der Waals surface area contributed by atoms with Gasteiger partial charge in [-0.05, 0) is 12.1 Å². The van der Waals surface area contributed by atoms with Gasteiger partial charge in [0.2, 0.25) is 0 Å². The van der Waals surface area contributed by atoms with E-state index in [1.54, 1.807) is 6.20 Å². The standard InChI is InChI=1S/C14H10N2O3/c17-13-7-16-12(5-9(13)14(18)19)10-6-15-11-4-2-1-3-8(10)11/h1-7,15,17H,(H,18,19). The number of hydrogen-bond acceptors (Lipinski definition) is 3. The molecule has 1 aromatic carbocycles.